The average Bonchev–Trinajstić information content (AvgIpc) is 3.22. The molecule has 114 valence electrons. The molecule has 2 aliphatic carbocycles. The van der Waals surface area contributed by atoms with Gasteiger partial charge in [0, 0.05) is 37.8 Å². The molecule has 0 spiro atoms. The lowest BCUT2D eigenvalue weighted by Crippen LogP contribution is -2.62. The van der Waals surface area contributed by atoms with Crippen molar-refractivity contribution in [3.8, 4) is 0 Å². The zero-order valence-electron chi connectivity index (χ0n) is 12.7. The Balaban J connectivity index is 1.43. The molecule has 4 rings (SSSR count). The second-order valence-electron chi connectivity index (χ2n) is 7.53. The van der Waals surface area contributed by atoms with Gasteiger partial charge in [0.15, 0.2) is 0 Å². The van der Waals surface area contributed by atoms with Crippen LogP contribution in [-0.4, -0.2) is 49.3 Å². The first-order chi connectivity index (χ1) is 9.92. The Morgan fingerprint density at radius 3 is 2.45 bits per heavy atom. The summed E-state index contributed by atoms with van der Waals surface area (Å²) in [6.45, 7) is 4.50. The lowest BCUT2D eigenvalue weighted by atomic mass is 9.82. The molecule has 0 aromatic heterocycles. The number of ether oxygens (including phenoxy) is 1. The maximum absolute atomic E-state index is 5.68. The number of rotatable bonds is 3. The minimum Gasteiger partial charge on any atom is -0.380 e. The van der Waals surface area contributed by atoms with Gasteiger partial charge in [-0.15, -0.1) is 0 Å². The molecule has 3 heteroatoms. The maximum atomic E-state index is 5.68. The van der Waals surface area contributed by atoms with Crippen LogP contribution in [0.1, 0.15) is 51.4 Å². The van der Waals surface area contributed by atoms with Crippen LogP contribution in [0.2, 0.25) is 0 Å². The Morgan fingerprint density at radius 1 is 0.900 bits per heavy atom. The first kappa shape index (κ1) is 13.5. The highest BCUT2D eigenvalue weighted by molar-refractivity contribution is 4.99. The van der Waals surface area contributed by atoms with Crippen molar-refractivity contribution in [3.05, 3.63) is 0 Å². The summed E-state index contributed by atoms with van der Waals surface area (Å²) in [5.41, 5.74) is 0. The van der Waals surface area contributed by atoms with Crippen LogP contribution in [0.3, 0.4) is 0 Å². The predicted molar refractivity (Wildman–Crippen MR) is 80.8 cm³/mol. The first-order valence-corrected chi connectivity index (χ1v) is 8.98. The molecule has 2 saturated heterocycles. The Morgan fingerprint density at radius 2 is 1.75 bits per heavy atom. The highest BCUT2D eigenvalue weighted by atomic mass is 16.5. The first-order valence-electron chi connectivity index (χ1n) is 8.98. The predicted octanol–water partition coefficient (Wildman–Crippen LogP) is 2.41. The summed E-state index contributed by atoms with van der Waals surface area (Å²) >= 11 is 0. The van der Waals surface area contributed by atoms with E-state index in [2.05, 4.69) is 10.2 Å². The lowest BCUT2D eigenvalue weighted by Gasteiger charge is -2.46. The molecule has 1 N–H and O–H groups in total. The standard InChI is InChI=1S/C17H30N2O/c1-2-4-13(5-3-1)16-11-19(15-8-9-20-12-15)17(10-18-16)14-6-7-14/h13-18H,1-12H2. The number of hydrogen-bond donors (Lipinski definition) is 1. The summed E-state index contributed by atoms with van der Waals surface area (Å²) in [5.74, 6) is 1.92. The fourth-order valence-corrected chi connectivity index (χ4v) is 4.79. The fraction of sp³-hybridized carbons (Fsp3) is 1.00. The van der Waals surface area contributed by atoms with E-state index >= 15 is 0 Å². The van der Waals surface area contributed by atoms with E-state index in [0.717, 1.165) is 37.1 Å². The molecular formula is C17H30N2O. The van der Waals surface area contributed by atoms with Gasteiger partial charge in [-0.25, -0.2) is 0 Å². The Kier molecular flexibility index (Phi) is 4.02. The van der Waals surface area contributed by atoms with Gasteiger partial charge in [-0.1, -0.05) is 19.3 Å². The fourth-order valence-electron chi connectivity index (χ4n) is 4.79. The van der Waals surface area contributed by atoms with Crippen LogP contribution >= 0.6 is 0 Å². The molecule has 4 aliphatic rings. The van der Waals surface area contributed by atoms with Crippen molar-refractivity contribution < 1.29 is 4.74 Å². The van der Waals surface area contributed by atoms with Crippen LogP contribution in [0, 0.1) is 11.8 Å². The third-order valence-corrected chi connectivity index (χ3v) is 6.18. The van der Waals surface area contributed by atoms with E-state index in [1.165, 1.54) is 64.5 Å². The van der Waals surface area contributed by atoms with Gasteiger partial charge >= 0.3 is 0 Å². The summed E-state index contributed by atoms with van der Waals surface area (Å²) in [6, 6.07) is 2.28. The van der Waals surface area contributed by atoms with Gasteiger partial charge in [0.1, 0.15) is 0 Å². The van der Waals surface area contributed by atoms with Gasteiger partial charge in [0.05, 0.1) is 6.61 Å². The van der Waals surface area contributed by atoms with Crippen LogP contribution in [0.5, 0.6) is 0 Å². The van der Waals surface area contributed by atoms with Crippen molar-refractivity contribution in [1.82, 2.24) is 10.2 Å². The second-order valence-corrected chi connectivity index (χ2v) is 7.53. The third kappa shape index (κ3) is 2.77. The van der Waals surface area contributed by atoms with Crippen molar-refractivity contribution in [3.63, 3.8) is 0 Å². The molecule has 4 fully saturated rings. The molecule has 2 heterocycles. The summed E-state index contributed by atoms with van der Waals surface area (Å²) < 4.78 is 5.68. The molecular weight excluding hydrogens is 248 g/mol. The van der Waals surface area contributed by atoms with Crippen molar-refractivity contribution in [2.45, 2.75) is 69.5 Å². The van der Waals surface area contributed by atoms with Crippen molar-refractivity contribution in [2.24, 2.45) is 11.8 Å². The number of nitrogens with zero attached hydrogens (tertiary/aromatic N) is 1. The normalized spacial score (nSPS) is 41.1. The van der Waals surface area contributed by atoms with Gasteiger partial charge in [0.25, 0.3) is 0 Å². The van der Waals surface area contributed by atoms with E-state index in [0.29, 0.717) is 6.04 Å². The molecule has 3 atom stereocenters. The van der Waals surface area contributed by atoms with Crippen molar-refractivity contribution in [1.29, 1.82) is 0 Å². The summed E-state index contributed by atoms with van der Waals surface area (Å²) in [6.07, 6.45) is 11.5. The van der Waals surface area contributed by atoms with Gasteiger partial charge in [-0.05, 0) is 43.9 Å². The number of nitrogens with one attached hydrogen (secondary N) is 1. The Labute approximate surface area is 123 Å². The number of piperazine rings is 1. The summed E-state index contributed by atoms with van der Waals surface area (Å²) in [5, 5.41) is 3.93. The van der Waals surface area contributed by atoms with Gasteiger partial charge in [-0.3, -0.25) is 4.90 Å². The molecule has 0 amide bonds. The highest BCUT2D eigenvalue weighted by Crippen LogP contribution is 2.39. The van der Waals surface area contributed by atoms with Gasteiger partial charge < -0.3 is 10.1 Å². The quantitative estimate of drug-likeness (QED) is 0.858. The van der Waals surface area contributed by atoms with E-state index in [4.69, 9.17) is 4.74 Å². The zero-order valence-corrected chi connectivity index (χ0v) is 12.7. The lowest BCUT2D eigenvalue weighted by molar-refractivity contribution is 0.0413. The average molecular weight is 278 g/mol. The van der Waals surface area contributed by atoms with Gasteiger partial charge in [0.2, 0.25) is 0 Å². The molecule has 0 radical (unpaired) electrons. The third-order valence-electron chi connectivity index (χ3n) is 6.18. The molecule has 2 saturated carbocycles. The molecule has 0 bridgehead atoms. The van der Waals surface area contributed by atoms with E-state index in [1.807, 2.05) is 0 Å². The Bertz CT molecular complexity index is 319. The summed E-state index contributed by atoms with van der Waals surface area (Å²) in [4.78, 5) is 2.86. The van der Waals surface area contributed by atoms with Crippen LogP contribution < -0.4 is 5.32 Å². The highest BCUT2D eigenvalue weighted by Gasteiger charge is 2.43. The minimum absolute atomic E-state index is 0.716. The largest absolute Gasteiger partial charge is 0.380 e. The van der Waals surface area contributed by atoms with Crippen molar-refractivity contribution >= 4 is 0 Å². The SMILES string of the molecule is C1CCC(C2CN(C3CCOC3)C(C3CC3)CN2)CC1. The maximum Gasteiger partial charge on any atom is 0.0622 e. The van der Waals surface area contributed by atoms with E-state index in [9.17, 15) is 0 Å². The molecule has 0 aromatic rings. The van der Waals surface area contributed by atoms with Crippen LogP contribution in [0.15, 0.2) is 0 Å². The molecule has 2 aliphatic heterocycles. The second kappa shape index (κ2) is 5.94. The van der Waals surface area contributed by atoms with Crippen LogP contribution in [-0.2, 0) is 4.74 Å². The molecule has 3 unspecified atom stereocenters. The van der Waals surface area contributed by atoms with E-state index < -0.39 is 0 Å². The molecule has 0 aromatic carbocycles. The van der Waals surface area contributed by atoms with Gasteiger partial charge in [-0.2, -0.15) is 0 Å². The van der Waals surface area contributed by atoms with Crippen molar-refractivity contribution in [2.75, 3.05) is 26.3 Å². The minimum atomic E-state index is 0.716. The van der Waals surface area contributed by atoms with E-state index in [1.54, 1.807) is 0 Å². The smallest absolute Gasteiger partial charge is 0.0622 e. The monoisotopic (exact) mass is 278 g/mol. The Hall–Kier alpha value is -0.120. The van der Waals surface area contributed by atoms with Crippen LogP contribution in [0.25, 0.3) is 0 Å². The molecule has 3 nitrogen and oxygen atoms in total. The van der Waals surface area contributed by atoms with E-state index in [-0.39, 0.29) is 0 Å². The topological polar surface area (TPSA) is 24.5 Å². The summed E-state index contributed by atoms with van der Waals surface area (Å²) in [7, 11) is 0. The number of hydrogen-bond acceptors (Lipinski definition) is 3. The van der Waals surface area contributed by atoms with Crippen LogP contribution in [0.4, 0.5) is 0 Å². The molecule has 20 heavy (non-hydrogen) atoms. The zero-order chi connectivity index (χ0) is 13.4.